The molecule has 0 aliphatic heterocycles. The maximum Gasteiger partial charge on any atom is 0.346 e. The molecule has 0 bridgehead atoms. The van der Waals surface area contributed by atoms with Crippen molar-refractivity contribution in [1.82, 2.24) is 14.3 Å². The second-order valence-corrected chi connectivity index (χ2v) is 12.1. The van der Waals surface area contributed by atoms with E-state index in [-0.39, 0.29) is 29.2 Å². The number of aliphatic hydroxyl groups excluding tert-OH is 2. The van der Waals surface area contributed by atoms with E-state index in [1.54, 1.807) is 54.6 Å². The van der Waals surface area contributed by atoms with Gasteiger partial charge in [-0.3, -0.25) is 19.3 Å². The number of methoxy groups -OCH3 is 1. The SMILES string of the molecule is COc1ccc2c(Oc3ccc(NC(=O)c4c(C)n(C[C@@H](C)OC(=O)[C@@H](O)[C@H](O)C(=O)OC(=O)C(C)N)n(-c5ccccc5)c4=O)cc3F)ccnc2c1. The van der Waals surface area contributed by atoms with Crippen LogP contribution in [0.25, 0.3) is 16.6 Å². The molecule has 0 saturated heterocycles. The van der Waals surface area contributed by atoms with Gasteiger partial charge in [0.05, 0.1) is 30.6 Å². The van der Waals surface area contributed by atoms with Crippen LogP contribution < -0.4 is 26.1 Å². The number of nitrogens with zero attached hydrogens (tertiary/aromatic N) is 3. The number of benzene rings is 3. The number of pyridine rings is 1. The summed E-state index contributed by atoms with van der Waals surface area (Å²) in [4.78, 5) is 67.9. The zero-order valence-corrected chi connectivity index (χ0v) is 29.4. The Bertz CT molecular complexity index is 2270. The molecule has 0 aliphatic carbocycles. The summed E-state index contributed by atoms with van der Waals surface area (Å²) in [5, 5.41) is 23.4. The van der Waals surface area contributed by atoms with Crippen molar-refractivity contribution in [3.8, 4) is 22.9 Å². The summed E-state index contributed by atoms with van der Waals surface area (Å²) in [6.45, 7) is 3.83. The van der Waals surface area contributed by atoms with Crippen LogP contribution in [-0.2, 0) is 30.4 Å². The van der Waals surface area contributed by atoms with Crippen LogP contribution in [0.1, 0.15) is 29.9 Å². The molecule has 5 N–H and O–H groups in total. The number of aromatic nitrogens is 3. The second-order valence-electron chi connectivity index (χ2n) is 12.1. The largest absolute Gasteiger partial charge is 0.497 e. The Hall–Kier alpha value is -6.43. The van der Waals surface area contributed by atoms with E-state index in [1.165, 1.54) is 55.6 Å². The molecule has 5 aromatic rings. The van der Waals surface area contributed by atoms with E-state index in [0.717, 1.165) is 6.07 Å². The van der Waals surface area contributed by atoms with Crippen molar-refractivity contribution < 1.29 is 52.7 Å². The quantitative estimate of drug-likeness (QED) is 0.101. The molecule has 17 heteroatoms. The van der Waals surface area contributed by atoms with E-state index >= 15 is 4.39 Å². The lowest BCUT2D eigenvalue weighted by Crippen LogP contribution is -2.44. The van der Waals surface area contributed by atoms with Crippen molar-refractivity contribution in [3.63, 3.8) is 0 Å². The highest BCUT2D eigenvalue weighted by atomic mass is 19.1. The number of aliphatic hydroxyl groups is 2. The third-order valence-corrected chi connectivity index (χ3v) is 8.05. The number of para-hydroxylation sites is 1. The van der Waals surface area contributed by atoms with Gasteiger partial charge >= 0.3 is 17.9 Å². The summed E-state index contributed by atoms with van der Waals surface area (Å²) in [7, 11) is 1.53. The molecule has 0 saturated carbocycles. The van der Waals surface area contributed by atoms with Crippen LogP contribution in [0, 0.1) is 12.7 Å². The van der Waals surface area contributed by atoms with Crippen molar-refractivity contribution in [2.45, 2.75) is 51.7 Å². The normalized spacial score (nSPS) is 13.3. The standard InChI is InChI=1S/C37H36FN5O11/c1-19(52-36(49)31(44)32(45)37(50)54-35(48)20(2)39)18-42-21(3)30(34(47)43(42)23-8-6-5-7-9-23)33(46)41-22-10-13-29(26(38)16-22)53-28-14-15-40-27-17-24(51-4)11-12-25(27)28/h5-17,19-20,31-32,44-45H,18,39H2,1-4H3,(H,41,46)/t19-,20?,31+,32+/m1/s1. The Morgan fingerprint density at radius 1 is 0.926 bits per heavy atom. The van der Waals surface area contributed by atoms with E-state index in [0.29, 0.717) is 28.1 Å². The lowest BCUT2D eigenvalue weighted by Gasteiger charge is -2.21. The number of esters is 3. The molecule has 0 fully saturated rings. The molecular formula is C37H36FN5O11. The minimum absolute atomic E-state index is 0.0166. The predicted octanol–water partition coefficient (Wildman–Crippen LogP) is 2.76. The van der Waals surface area contributed by atoms with E-state index in [2.05, 4.69) is 15.0 Å². The molecule has 0 aliphatic rings. The molecule has 16 nitrogen and oxygen atoms in total. The highest BCUT2D eigenvalue weighted by Crippen LogP contribution is 2.33. The van der Waals surface area contributed by atoms with Gasteiger partial charge in [0.2, 0.25) is 0 Å². The average molecular weight is 746 g/mol. The fourth-order valence-electron chi connectivity index (χ4n) is 5.31. The predicted molar refractivity (Wildman–Crippen MR) is 190 cm³/mol. The molecule has 0 radical (unpaired) electrons. The molecule has 3 aromatic carbocycles. The van der Waals surface area contributed by atoms with E-state index < -0.39 is 59.5 Å². The number of hydrogen-bond acceptors (Lipinski definition) is 13. The molecule has 282 valence electrons. The lowest BCUT2D eigenvalue weighted by atomic mass is 10.2. The van der Waals surface area contributed by atoms with Crippen molar-refractivity contribution in [3.05, 3.63) is 106 Å². The molecule has 1 amide bonds. The van der Waals surface area contributed by atoms with Gasteiger partial charge in [0.15, 0.2) is 23.8 Å². The molecule has 2 heterocycles. The first-order valence-electron chi connectivity index (χ1n) is 16.4. The van der Waals surface area contributed by atoms with Gasteiger partial charge in [0, 0.05) is 29.4 Å². The Morgan fingerprint density at radius 3 is 2.30 bits per heavy atom. The minimum Gasteiger partial charge on any atom is -0.497 e. The first-order chi connectivity index (χ1) is 25.7. The van der Waals surface area contributed by atoms with Crippen LogP contribution in [0.3, 0.4) is 0 Å². The monoisotopic (exact) mass is 745 g/mol. The number of rotatable bonds is 13. The number of amides is 1. The first-order valence-corrected chi connectivity index (χ1v) is 16.4. The third kappa shape index (κ3) is 8.44. The Labute approximate surface area is 306 Å². The maximum atomic E-state index is 15.3. The average Bonchev–Trinajstić information content (AvgIpc) is 3.39. The highest BCUT2D eigenvalue weighted by molar-refractivity contribution is 6.05. The minimum atomic E-state index is -2.47. The van der Waals surface area contributed by atoms with Gasteiger partial charge in [-0.1, -0.05) is 18.2 Å². The number of nitrogens with one attached hydrogen (secondary N) is 1. The van der Waals surface area contributed by atoms with Crippen LogP contribution in [0.15, 0.2) is 83.8 Å². The van der Waals surface area contributed by atoms with E-state index in [4.69, 9.17) is 19.9 Å². The zero-order chi connectivity index (χ0) is 39.3. The van der Waals surface area contributed by atoms with Gasteiger partial charge in [-0.05, 0) is 63.2 Å². The number of fused-ring (bicyclic) bond motifs is 1. The smallest absolute Gasteiger partial charge is 0.346 e. The van der Waals surface area contributed by atoms with Crippen molar-refractivity contribution in [1.29, 1.82) is 0 Å². The molecule has 5 rings (SSSR count). The number of carbonyl (C=O) groups excluding carboxylic acids is 4. The van der Waals surface area contributed by atoms with Gasteiger partial charge in [-0.15, -0.1) is 0 Å². The summed E-state index contributed by atoms with van der Waals surface area (Å²) >= 11 is 0. The van der Waals surface area contributed by atoms with Crippen LogP contribution in [0.4, 0.5) is 10.1 Å². The summed E-state index contributed by atoms with van der Waals surface area (Å²) in [5.41, 5.74) is 5.30. The maximum absolute atomic E-state index is 15.3. The Morgan fingerprint density at radius 2 is 1.63 bits per heavy atom. The molecule has 4 atom stereocenters. The second kappa shape index (κ2) is 16.5. The van der Waals surface area contributed by atoms with Gasteiger partial charge in [0.1, 0.15) is 29.2 Å². The van der Waals surface area contributed by atoms with Crippen LogP contribution >= 0.6 is 0 Å². The van der Waals surface area contributed by atoms with E-state index in [1.807, 2.05) is 0 Å². The number of nitrogens with two attached hydrogens (primary N) is 1. The first kappa shape index (κ1) is 38.8. The summed E-state index contributed by atoms with van der Waals surface area (Å²) in [5.74, 6) is -5.14. The van der Waals surface area contributed by atoms with Crippen LogP contribution in [0.2, 0.25) is 0 Å². The van der Waals surface area contributed by atoms with Crippen LogP contribution in [0.5, 0.6) is 17.2 Å². The van der Waals surface area contributed by atoms with E-state index in [9.17, 15) is 34.2 Å². The number of carbonyl (C=O) groups is 4. The number of hydrogen-bond donors (Lipinski definition) is 4. The molecular weight excluding hydrogens is 709 g/mol. The molecule has 2 aromatic heterocycles. The number of halogens is 1. The fraction of sp³-hybridized carbons (Fsp3) is 0.243. The molecule has 54 heavy (non-hydrogen) atoms. The van der Waals surface area contributed by atoms with Crippen molar-refractivity contribution in [2.75, 3.05) is 12.4 Å². The topological polar surface area (TPSA) is 224 Å². The molecule has 1 unspecified atom stereocenters. The van der Waals surface area contributed by atoms with Crippen molar-refractivity contribution in [2.24, 2.45) is 5.73 Å². The van der Waals surface area contributed by atoms with Crippen molar-refractivity contribution >= 4 is 40.4 Å². The van der Waals surface area contributed by atoms with Crippen LogP contribution in [-0.4, -0.2) is 79.8 Å². The molecule has 0 spiro atoms. The van der Waals surface area contributed by atoms with Gasteiger partial charge in [-0.2, -0.15) is 0 Å². The summed E-state index contributed by atoms with van der Waals surface area (Å²) < 4.78 is 38.5. The number of ether oxygens (including phenoxy) is 4. The zero-order valence-electron chi connectivity index (χ0n) is 29.4. The summed E-state index contributed by atoms with van der Waals surface area (Å²) in [6.07, 6.45) is -4.52. The van der Waals surface area contributed by atoms with Gasteiger partial charge in [-0.25, -0.2) is 23.5 Å². The fourth-order valence-corrected chi connectivity index (χ4v) is 5.31. The third-order valence-electron chi connectivity index (χ3n) is 8.05. The Kier molecular flexibility index (Phi) is 11.8. The lowest BCUT2D eigenvalue weighted by molar-refractivity contribution is -0.180. The Balaban J connectivity index is 1.35. The van der Waals surface area contributed by atoms with Gasteiger partial charge < -0.3 is 40.2 Å². The summed E-state index contributed by atoms with van der Waals surface area (Å²) in [6, 6.07) is 17.5. The number of anilines is 1. The highest BCUT2D eigenvalue weighted by Gasteiger charge is 2.36. The van der Waals surface area contributed by atoms with Gasteiger partial charge in [0.25, 0.3) is 11.5 Å².